The van der Waals surface area contributed by atoms with E-state index in [1.807, 2.05) is 0 Å². The fourth-order valence-corrected chi connectivity index (χ4v) is 3.29. The second kappa shape index (κ2) is 9.26. The van der Waals surface area contributed by atoms with Crippen molar-refractivity contribution >= 4 is 52.3 Å². The fraction of sp³-hybridized carbons (Fsp3) is 0.158. The van der Waals surface area contributed by atoms with Gasteiger partial charge in [-0.05, 0) is 31.2 Å². The number of hydrogen-bond donors (Lipinski definition) is 1. The van der Waals surface area contributed by atoms with Crippen molar-refractivity contribution in [2.75, 3.05) is 18.4 Å². The highest BCUT2D eigenvalue weighted by atomic mass is 35.5. The van der Waals surface area contributed by atoms with Gasteiger partial charge >= 0.3 is 0 Å². The number of carbonyl (C=O) groups is 2. The molecule has 10 heteroatoms. The maximum absolute atomic E-state index is 12.8. The van der Waals surface area contributed by atoms with Crippen LogP contribution >= 0.6 is 34.8 Å². The van der Waals surface area contributed by atoms with Gasteiger partial charge in [0.1, 0.15) is 6.54 Å². The van der Waals surface area contributed by atoms with Gasteiger partial charge in [0.2, 0.25) is 5.91 Å². The third-order valence-corrected chi connectivity index (χ3v) is 4.99. The minimum Gasteiger partial charge on any atom is -0.328 e. The highest BCUT2D eigenvalue weighted by Gasteiger charge is 2.21. The summed E-state index contributed by atoms with van der Waals surface area (Å²) in [4.78, 5) is 26.5. The largest absolute Gasteiger partial charge is 0.328 e. The molecule has 0 saturated carbocycles. The van der Waals surface area contributed by atoms with E-state index in [1.165, 1.54) is 15.8 Å². The average molecular weight is 453 g/mol. The molecule has 0 bridgehead atoms. The molecule has 1 heterocycles. The Balaban J connectivity index is 1.72. The monoisotopic (exact) mass is 451 g/mol. The zero-order valence-corrected chi connectivity index (χ0v) is 17.5. The number of nitrogens with zero attached hydrogens (tertiary/aromatic N) is 4. The Hall–Kier alpha value is -2.61. The standard InChI is InChI=1S/C19H16Cl3N5O2/c1-2-26(11-17(28)23-18-13(21)7-5-8-14(18)22)19(29)15-10-27(25-24-15)16-9-4-3-6-12(16)20/h3-10H,2,11H2,1H3,(H,23,28). The number of carbonyl (C=O) groups excluding carboxylic acids is 2. The number of para-hydroxylation sites is 2. The molecular weight excluding hydrogens is 437 g/mol. The van der Waals surface area contributed by atoms with Crippen LogP contribution in [0.1, 0.15) is 17.4 Å². The predicted octanol–water partition coefficient (Wildman–Crippen LogP) is 4.33. The van der Waals surface area contributed by atoms with Crippen LogP contribution in [0.15, 0.2) is 48.7 Å². The number of benzene rings is 2. The Kier molecular flexibility index (Phi) is 6.74. The molecule has 0 aliphatic heterocycles. The molecule has 29 heavy (non-hydrogen) atoms. The van der Waals surface area contributed by atoms with Gasteiger partial charge < -0.3 is 10.2 Å². The van der Waals surface area contributed by atoms with Gasteiger partial charge in [0.15, 0.2) is 5.69 Å². The van der Waals surface area contributed by atoms with Crippen molar-refractivity contribution in [2.45, 2.75) is 6.92 Å². The second-order valence-corrected chi connectivity index (χ2v) is 7.19. The lowest BCUT2D eigenvalue weighted by atomic mass is 10.3. The summed E-state index contributed by atoms with van der Waals surface area (Å²) in [6.07, 6.45) is 1.47. The molecular formula is C19H16Cl3N5O2. The molecule has 0 unspecified atom stereocenters. The van der Waals surface area contributed by atoms with E-state index in [4.69, 9.17) is 34.8 Å². The van der Waals surface area contributed by atoms with Crippen LogP contribution in [0.2, 0.25) is 15.1 Å². The van der Waals surface area contributed by atoms with Crippen LogP contribution < -0.4 is 5.32 Å². The molecule has 0 atom stereocenters. The highest BCUT2D eigenvalue weighted by molar-refractivity contribution is 6.39. The van der Waals surface area contributed by atoms with Crippen molar-refractivity contribution in [1.29, 1.82) is 0 Å². The quantitative estimate of drug-likeness (QED) is 0.604. The van der Waals surface area contributed by atoms with Gasteiger partial charge in [-0.3, -0.25) is 9.59 Å². The van der Waals surface area contributed by atoms with Gasteiger partial charge in [-0.25, -0.2) is 4.68 Å². The van der Waals surface area contributed by atoms with E-state index in [2.05, 4.69) is 15.6 Å². The first-order valence-electron chi connectivity index (χ1n) is 8.61. The van der Waals surface area contributed by atoms with Crippen LogP contribution in [0.25, 0.3) is 5.69 Å². The van der Waals surface area contributed by atoms with Crippen molar-refractivity contribution < 1.29 is 9.59 Å². The Morgan fingerprint density at radius 2 is 1.69 bits per heavy atom. The highest BCUT2D eigenvalue weighted by Crippen LogP contribution is 2.29. The number of halogens is 3. The lowest BCUT2D eigenvalue weighted by molar-refractivity contribution is -0.116. The number of anilines is 1. The van der Waals surface area contributed by atoms with Crippen molar-refractivity contribution in [3.05, 3.63) is 69.4 Å². The summed E-state index contributed by atoms with van der Waals surface area (Å²) in [6.45, 7) is 1.85. The van der Waals surface area contributed by atoms with Gasteiger partial charge in [-0.1, -0.05) is 58.2 Å². The summed E-state index contributed by atoms with van der Waals surface area (Å²) >= 11 is 18.3. The molecule has 3 aromatic rings. The van der Waals surface area contributed by atoms with Gasteiger partial charge in [0.25, 0.3) is 5.91 Å². The lowest BCUT2D eigenvalue weighted by Crippen LogP contribution is -2.38. The summed E-state index contributed by atoms with van der Waals surface area (Å²) in [7, 11) is 0. The Morgan fingerprint density at radius 1 is 1.03 bits per heavy atom. The second-order valence-electron chi connectivity index (χ2n) is 5.96. The van der Waals surface area contributed by atoms with Crippen LogP contribution in [-0.2, 0) is 4.79 Å². The number of hydrogen-bond acceptors (Lipinski definition) is 4. The number of rotatable bonds is 6. The minimum atomic E-state index is -0.439. The SMILES string of the molecule is CCN(CC(=O)Nc1c(Cl)cccc1Cl)C(=O)c1cn(-c2ccccc2Cl)nn1. The summed E-state index contributed by atoms with van der Waals surface area (Å²) in [5.41, 5.74) is 0.985. The molecule has 0 spiro atoms. The zero-order chi connectivity index (χ0) is 21.0. The summed E-state index contributed by atoms with van der Waals surface area (Å²) in [6, 6.07) is 11.9. The summed E-state index contributed by atoms with van der Waals surface area (Å²) in [5, 5.41) is 11.6. The molecule has 2 amide bonds. The Labute approximate surface area is 182 Å². The molecule has 150 valence electrons. The molecule has 7 nitrogen and oxygen atoms in total. The van der Waals surface area contributed by atoms with E-state index in [0.29, 0.717) is 33.0 Å². The Bertz CT molecular complexity index is 1030. The topological polar surface area (TPSA) is 80.1 Å². The van der Waals surface area contributed by atoms with Crippen molar-refractivity contribution in [1.82, 2.24) is 19.9 Å². The number of aromatic nitrogens is 3. The number of nitrogens with one attached hydrogen (secondary N) is 1. The maximum Gasteiger partial charge on any atom is 0.276 e. The van der Waals surface area contributed by atoms with Crippen molar-refractivity contribution in [3.63, 3.8) is 0 Å². The lowest BCUT2D eigenvalue weighted by Gasteiger charge is -2.19. The molecule has 0 aliphatic rings. The van der Waals surface area contributed by atoms with E-state index in [9.17, 15) is 9.59 Å². The van der Waals surface area contributed by atoms with E-state index in [-0.39, 0.29) is 12.2 Å². The maximum atomic E-state index is 12.8. The molecule has 2 aromatic carbocycles. The van der Waals surface area contributed by atoms with Gasteiger partial charge in [-0.15, -0.1) is 5.10 Å². The van der Waals surface area contributed by atoms with E-state index in [0.717, 1.165) is 0 Å². The van der Waals surface area contributed by atoms with E-state index < -0.39 is 11.8 Å². The molecule has 0 fully saturated rings. The van der Waals surface area contributed by atoms with Crippen molar-refractivity contribution in [2.24, 2.45) is 0 Å². The minimum absolute atomic E-state index is 0.0929. The van der Waals surface area contributed by atoms with Gasteiger partial charge in [0.05, 0.1) is 32.6 Å². The summed E-state index contributed by atoms with van der Waals surface area (Å²) < 4.78 is 1.41. The first-order valence-corrected chi connectivity index (χ1v) is 9.74. The van der Waals surface area contributed by atoms with Crippen molar-refractivity contribution in [3.8, 4) is 5.69 Å². The third-order valence-electron chi connectivity index (χ3n) is 4.04. The van der Waals surface area contributed by atoms with Crippen LogP contribution in [-0.4, -0.2) is 44.8 Å². The Morgan fingerprint density at radius 3 is 2.34 bits per heavy atom. The molecule has 0 radical (unpaired) electrons. The van der Waals surface area contributed by atoms with E-state index in [1.54, 1.807) is 49.4 Å². The predicted molar refractivity (Wildman–Crippen MR) is 113 cm³/mol. The molecule has 0 aliphatic carbocycles. The zero-order valence-electron chi connectivity index (χ0n) is 15.3. The smallest absolute Gasteiger partial charge is 0.276 e. The fourth-order valence-electron chi connectivity index (χ4n) is 2.58. The normalized spacial score (nSPS) is 10.6. The molecule has 1 N–H and O–H groups in total. The van der Waals surface area contributed by atoms with Crippen LogP contribution in [0.3, 0.4) is 0 Å². The first-order chi connectivity index (χ1) is 13.9. The van der Waals surface area contributed by atoms with E-state index >= 15 is 0 Å². The molecule has 1 aromatic heterocycles. The van der Waals surface area contributed by atoms with Gasteiger partial charge in [-0.2, -0.15) is 0 Å². The number of amides is 2. The third kappa shape index (κ3) is 4.87. The van der Waals surface area contributed by atoms with Crippen LogP contribution in [0, 0.1) is 0 Å². The molecule has 0 saturated heterocycles. The molecule has 3 rings (SSSR count). The summed E-state index contributed by atoms with van der Waals surface area (Å²) in [5.74, 6) is -0.875. The van der Waals surface area contributed by atoms with Crippen LogP contribution in [0.4, 0.5) is 5.69 Å². The van der Waals surface area contributed by atoms with Gasteiger partial charge in [0, 0.05) is 6.54 Å². The van der Waals surface area contributed by atoms with Crippen LogP contribution in [0.5, 0.6) is 0 Å². The number of likely N-dealkylation sites (N-methyl/N-ethyl adjacent to an activating group) is 1. The average Bonchev–Trinajstić information content (AvgIpc) is 3.19. The first kappa shape index (κ1) is 21.1.